The number of hydrogen-bond donors (Lipinski definition) is 6. The number of H-pyrrole nitrogens is 2. The van der Waals surface area contributed by atoms with Gasteiger partial charge in [0.25, 0.3) is 0 Å². The molecule has 6 aromatic heterocycles. The number of halogens is 5. The molecular formula is C38H28BF4IN10O6. The van der Waals surface area contributed by atoms with Crippen LogP contribution in [0.4, 0.5) is 28.9 Å². The summed E-state index contributed by atoms with van der Waals surface area (Å²) in [5.41, 5.74) is 11.5. The average Bonchev–Trinajstić information content (AvgIpc) is 3.88. The predicted octanol–water partition coefficient (Wildman–Crippen LogP) is 4.54. The molecule has 0 unspecified atom stereocenters. The maximum atomic E-state index is 14.3. The Morgan fingerprint density at radius 3 is 1.55 bits per heavy atom. The number of hydrogen-bond acceptors (Lipinski definition) is 14. The highest BCUT2D eigenvalue weighted by Gasteiger charge is 2.25. The Morgan fingerprint density at radius 1 is 0.650 bits per heavy atom. The normalized spacial score (nSPS) is 10.7. The van der Waals surface area contributed by atoms with E-state index in [1.807, 2.05) is 22.6 Å². The molecule has 0 atom stereocenters. The van der Waals surface area contributed by atoms with Gasteiger partial charge < -0.3 is 41.0 Å². The highest BCUT2D eigenvalue weighted by Crippen LogP contribution is 2.29. The van der Waals surface area contributed by atoms with E-state index in [0.29, 0.717) is 33.2 Å². The first-order valence-electron chi connectivity index (χ1n) is 17.0. The molecule has 0 spiro atoms. The molecule has 304 valence electrons. The first-order valence-corrected chi connectivity index (χ1v) is 18.0. The van der Waals surface area contributed by atoms with Crippen molar-refractivity contribution in [3.8, 4) is 23.1 Å². The molecule has 2 aromatic carbocycles. The van der Waals surface area contributed by atoms with E-state index in [4.69, 9.17) is 26.3 Å². The molecule has 8 aromatic rings. The van der Waals surface area contributed by atoms with Gasteiger partial charge in [0.15, 0.2) is 11.6 Å². The van der Waals surface area contributed by atoms with E-state index in [1.165, 1.54) is 39.0 Å². The van der Waals surface area contributed by atoms with Crippen molar-refractivity contribution in [3.63, 3.8) is 0 Å². The third-order valence-electron chi connectivity index (χ3n) is 8.49. The minimum atomic E-state index is -1.53. The number of nitrogen functional groups attached to an aromatic ring is 2. The van der Waals surface area contributed by atoms with Crippen LogP contribution in [-0.4, -0.2) is 82.8 Å². The minimum Gasteiger partial charge on any atom is -0.467 e. The number of carbonyl (C=O) groups excluding carboxylic acids is 2. The number of benzene rings is 2. The first kappa shape index (κ1) is 42.6. The molecule has 0 radical (unpaired) electrons. The molecule has 0 aliphatic carbocycles. The molecule has 0 saturated heterocycles. The van der Waals surface area contributed by atoms with Crippen molar-refractivity contribution in [3.05, 3.63) is 135 Å². The number of nitrogens with zero attached hydrogens (tertiary/aromatic N) is 6. The third kappa shape index (κ3) is 8.99. The first-order chi connectivity index (χ1) is 28.7. The molecule has 60 heavy (non-hydrogen) atoms. The zero-order valence-corrected chi connectivity index (χ0v) is 33.1. The van der Waals surface area contributed by atoms with Gasteiger partial charge in [-0.2, -0.15) is 0 Å². The van der Waals surface area contributed by atoms with Gasteiger partial charge in [-0.1, -0.05) is 0 Å². The lowest BCUT2D eigenvalue weighted by molar-refractivity contribution is 0.102. The number of aromatic nitrogens is 8. The third-order valence-corrected chi connectivity index (χ3v) is 9.08. The molecule has 8 rings (SSSR count). The van der Waals surface area contributed by atoms with Crippen LogP contribution in [0.5, 0.6) is 12.0 Å². The summed E-state index contributed by atoms with van der Waals surface area (Å²) in [4.78, 5) is 54.7. The fourth-order valence-corrected chi connectivity index (χ4v) is 5.92. The van der Waals surface area contributed by atoms with Gasteiger partial charge in [-0.15, -0.1) is 0 Å². The van der Waals surface area contributed by atoms with Crippen LogP contribution in [0.25, 0.3) is 33.2 Å². The van der Waals surface area contributed by atoms with E-state index in [0.717, 1.165) is 27.8 Å². The lowest BCUT2D eigenvalue weighted by Crippen LogP contribution is -2.30. The van der Waals surface area contributed by atoms with Crippen LogP contribution in [0.1, 0.15) is 31.8 Å². The van der Waals surface area contributed by atoms with E-state index < -0.39 is 53.1 Å². The summed E-state index contributed by atoms with van der Waals surface area (Å²) in [6, 6.07) is 7.88. The topological polar surface area (TPSA) is 254 Å². The minimum absolute atomic E-state index is 0.0715. The number of carbonyl (C=O) groups is 2. The Hall–Kier alpha value is -7.05. The lowest BCUT2D eigenvalue weighted by atomic mass is 9.83. The molecule has 0 aliphatic rings. The maximum Gasteiger partial charge on any atom is 0.491 e. The predicted molar refractivity (Wildman–Crippen MR) is 219 cm³/mol. The zero-order chi connectivity index (χ0) is 43.2. The Morgan fingerprint density at radius 2 is 1.08 bits per heavy atom. The van der Waals surface area contributed by atoms with Crippen molar-refractivity contribution in [2.24, 2.45) is 0 Å². The van der Waals surface area contributed by atoms with Gasteiger partial charge in [-0.3, -0.25) is 9.59 Å². The SMILES string of the molecule is COc1ncc(-c2cnc3[nH]cc(C(=O)c4c(F)ccc(N)c4F)c3c2)cn1.COc1ncc(B(O)O)cn1.Nc1ccc(F)c(C(=O)c2c[nH]c3ncc(I)cc23)c1F. The van der Waals surface area contributed by atoms with E-state index in [-0.39, 0.29) is 40.0 Å². The van der Waals surface area contributed by atoms with E-state index >= 15 is 0 Å². The second-order valence-electron chi connectivity index (χ2n) is 12.2. The summed E-state index contributed by atoms with van der Waals surface area (Å²) in [5, 5.41) is 18.2. The van der Waals surface area contributed by atoms with E-state index in [2.05, 4.69) is 44.6 Å². The van der Waals surface area contributed by atoms with Crippen LogP contribution in [0, 0.1) is 26.8 Å². The van der Waals surface area contributed by atoms with Crippen LogP contribution < -0.4 is 26.4 Å². The number of rotatable bonds is 8. The second kappa shape index (κ2) is 18.3. The molecule has 0 bridgehead atoms. The molecule has 8 N–H and O–H groups in total. The van der Waals surface area contributed by atoms with Crippen LogP contribution in [0.3, 0.4) is 0 Å². The lowest BCUT2D eigenvalue weighted by Gasteiger charge is -2.06. The molecule has 0 fully saturated rings. The van der Waals surface area contributed by atoms with Crippen molar-refractivity contribution in [2.45, 2.75) is 0 Å². The van der Waals surface area contributed by atoms with Crippen molar-refractivity contribution in [1.82, 2.24) is 39.9 Å². The summed E-state index contributed by atoms with van der Waals surface area (Å²) < 4.78 is 66.6. The molecular weight excluding hydrogens is 906 g/mol. The van der Waals surface area contributed by atoms with Crippen LogP contribution in [0.15, 0.2) is 86.0 Å². The summed E-state index contributed by atoms with van der Waals surface area (Å²) in [6.45, 7) is 0. The monoisotopic (exact) mass is 934 g/mol. The van der Waals surface area contributed by atoms with Gasteiger partial charge in [0.2, 0.25) is 11.6 Å². The van der Waals surface area contributed by atoms with Crippen LogP contribution >= 0.6 is 22.6 Å². The Kier molecular flexibility index (Phi) is 13.0. The van der Waals surface area contributed by atoms with Crippen LogP contribution in [-0.2, 0) is 0 Å². The summed E-state index contributed by atoms with van der Waals surface area (Å²) in [7, 11) is 1.36. The quantitative estimate of drug-likeness (QED) is 0.0402. The fourth-order valence-electron chi connectivity index (χ4n) is 5.47. The number of fused-ring (bicyclic) bond motifs is 2. The Labute approximate surface area is 349 Å². The van der Waals surface area contributed by atoms with Gasteiger partial charge in [-0.05, 0) is 59.0 Å². The van der Waals surface area contributed by atoms with Gasteiger partial charge in [0.05, 0.1) is 36.7 Å². The maximum absolute atomic E-state index is 14.3. The molecule has 0 saturated carbocycles. The smallest absolute Gasteiger partial charge is 0.467 e. The van der Waals surface area contributed by atoms with Crippen LogP contribution in [0.2, 0.25) is 0 Å². The van der Waals surface area contributed by atoms with Gasteiger partial charge in [-0.25, -0.2) is 47.5 Å². The molecule has 0 amide bonds. The number of nitrogens with one attached hydrogen (secondary N) is 2. The number of ketones is 2. The summed E-state index contributed by atoms with van der Waals surface area (Å²) >= 11 is 2.04. The van der Waals surface area contributed by atoms with E-state index in [9.17, 15) is 27.2 Å². The van der Waals surface area contributed by atoms with E-state index in [1.54, 1.807) is 36.9 Å². The number of methoxy groups -OCH3 is 2. The fraction of sp³-hybridized carbons (Fsp3) is 0.0526. The number of ether oxygens (including phenoxy) is 2. The van der Waals surface area contributed by atoms with Crippen molar-refractivity contribution in [1.29, 1.82) is 0 Å². The van der Waals surface area contributed by atoms with Gasteiger partial charge in [0, 0.05) is 91.6 Å². The average molecular weight is 934 g/mol. The largest absolute Gasteiger partial charge is 0.491 e. The molecule has 6 heterocycles. The van der Waals surface area contributed by atoms with Gasteiger partial charge >= 0.3 is 19.1 Å². The number of aromatic amines is 2. The highest BCUT2D eigenvalue weighted by atomic mass is 127. The Balaban J connectivity index is 0.000000166. The summed E-state index contributed by atoms with van der Waals surface area (Å²) in [5.74, 6) is -5.68. The molecule has 16 nitrogen and oxygen atoms in total. The van der Waals surface area contributed by atoms with Crippen molar-refractivity contribution < 1.29 is 46.7 Å². The molecule has 0 aliphatic heterocycles. The summed E-state index contributed by atoms with van der Waals surface area (Å²) in [6.07, 6.45) is 11.6. The molecule has 22 heteroatoms. The zero-order valence-electron chi connectivity index (χ0n) is 30.9. The van der Waals surface area contributed by atoms with Crippen molar-refractivity contribution in [2.75, 3.05) is 25.7 Å². The number of anilines is 2. The standard InChI is InChI=1S/C19H13F2N5O2.C14H8F2IN3O.C5H7BN2O3/c1-28-19-25-6-10(7-26-19)9-4-11-12(8-24-18(11)23-5-9)17(27)15-13(20)2-3-14(22)16(15)21;15-9-1-2-10(18)12(16)11(9)13(21)8-5-20-14-7(8)3-6(17)4-19-14;1-11-5-7-2-4(3-8-5)6(9)10/h2-8H,22H2,1H3,(H,23,24);1-5H,18H2,(H,19,20);2-3,9-10H,1H3. The highest BCUT2D eigenvalue weighted by molar-refractivity contribution is 14.1. The number of nitrogens with two attached hydrogens (primary N) is 2. The van der Waals surface area contributed by atoms with Crippen molar-refractivity contribution >= 4 is 80.2 Å². The number of pyridine rings is 2. The van der Waals surface area contributed by atoms with Gasteiger partial charge in [0.1, 0.15) is 22.9 Å². The Bertz CT molecular complexity index is 2870. The second-order valence-corrected chi connectivity index (χ2v) is 13.5.